The zero-order chi connectivity index (χ0) is 13.5. The molecule has 0 unspecified atom stereocenters. The van der Waals surface area contributed by atoms with Crippen LogP contribution in [-0.2, 0) is 0 Å². The van der Waals surface area contributed by atoms with Crippen LogP contribution >= 0.6 is 0 Å². The molecular formula is C17H17NO. The van der Waals surface area contributed by atoms with Crippen molar-refractivity contribution in [3.8, 4) is 0 Å². The Morgan fingerprint density at radius 2 is 1.58 bits per heavy atom. The molecule has 2 aromatic carbocycles. The van der Waals surface area contributed by atoms with Gasteiger partial charge in [-0.1, -0.05) is 60.2 Å². The van der Waals surface area contributed by atoms with Crippen molar-refractivity contribution >= 4 is 12.0 Å². The number of nitrogens with one attached hydrogen (secondary N) is 1. The quantitative estimate of drug-likeness (QED) is 0.885. The van der Waals surface area contributed by atoms with Gasteiger partial charge in [-0.05, 0) is 24.6 Å². The number of carbonyl (C=O) groups is 1. The Morgan fingerprint density at radius 3 is 2.21 bits per heavy atom. The Balaban J connectivity index is 1.92. The Hall–Kier alpha value is -2.35. The second kappa shape index (κ2) is 6.55. The second-order valence-electron chi connectivity index (χ2n) is 4.45. The van der Waals surface area contributed by atoms with E-state index in [2.05, 4.69) is 11.4 Å². The Morgan fingerprint density at radius 1 is 1.00 bits per heavy atom. The average molecular weight is 251 g/mol. The van der Waals surface area contributed by atoms with Crippen molar-refractivity contribution in [3.63, 3.8) is 0 Å². The highest BCUT2D eigenvalue weighted by atomic mass is 16.1. The minimum Gasteiger partial charge on any atom is -0.348 e. The van der Waals surface area contributed by atoms with E-state index in [-0.39, 0.29) is 5.91 Å². The maximum Gasteiger partial charge on any atom is 0.251 e. The summed E-state index contributed by atoms with van der Waals surface area (Å²) in [6.45, 7) is 2.57. The summed E-state index contributed by atoms with van der Waals surface area (Å²) in [6.07, 6.45) is 2.07. The molecule has 0 saturated heterocycles. The minimum atomic E-state index is -0.0404. The predicted molar refractivity (Wildman–Crippen MR) is 78.9 cm³/mol. The number of hydrogen-bond donors (Lipinski definition) is 1. The molecular weight excluding hydrogens is 234 g/mol. The molecule has 0 atom stereocenters. The normalized spacial score (nSPS) is 11.1. The molecule has 0 aromatic heterocycles. The summed E-state index contributed by atoms with van der Waals surface area (Å²) in [5.74, 6) is -0.0404. The van der Waals surface area contributed by atoms with Crippen LogP contribution in [0.3, 0.4) is 0 Å². The van der Waals surface area contributed by atoms with Gasteiger partial charge in [0, 0.05) is 12.1 Å². The highest BCUT2D eigenvalue weighted by molar-refractivity contribution is 5.94. The first-order valence-corrected chi connectivity index (χ1v) is 6.31. The SMILES string of the molecule is CC(=Cc1ccccc1)CNC(=O)c1ccccc1. The van der Waals surface area contributed by atoms with Gasteiger partial charge < -0.3 is 5.32 Å². The molecule has 0 aliphatic heterocycles. The van der Waals surface area contributed by atoms with Gasteiger partial charge in [-0.2, -0.15) is 0 Å². The lowest BCUT2D eigenvalue weighted by molar-refractivity contribution is 0.0957. The summed E-state index contributed by atoms with van der Waals surface area (Å²) in [4.78, 5) is 11.9. The van der Waals surface area contributed by atoms with Gasteiger partial charge in [0.1, 0.15) is 0 Å². The van der Waals surface area contributed by atoms with Crippen LogP contribution in [0, 0.1) is 0 Å². The fourth-order valence-electron chi connectivity index (χ4n) is 1.80. The first-order valence-electron chi connectivity index (χ1n) is 6.31. The average Bonchev–Trinajstić information content (AvgIpc) is 2.47. The Kier molecular flexibility index (Phi) is 4.51. The number of amides is 1. The van der Waals surface area contributed by atoms with Crippen molar-refractivity contribution in [2.45, 2.75) is 6.92 Å². The summed E-state index contributed by atoms with van der Waals surface area (Å²) in [5, 5.41) is 2.91. The summed E-state index contributed by atoms with van der Waals surface area (Å²) in [5.41, 5.74) is 2.96. The van der Waals surface area contributed by atoms with Crippen LogP contribution in [0.4, 0.5) is 0 Å². The first kappa shape index (κ1) is 13.1. The summed E-state index contributed by atoms with van der Waals surface area (Å²) < 4.78 is 0. The molecule has 0 radical (unpaired) electrons. The summed E-state index contributed by atoms with van der Waals surface area (Å²) in [6, 6.07) is 19.3. The van der Waals surface area contributed by atoms with Crippen LogP contribution in [0.25, 0.3) is 6.08 Å². The molecule has 1 N–H and O–H groups in total. The van der Waals surface area contributed by atoms with Crippen molar-refractivity contribution < 1.29 is 4.79 Å². The molecule has 0 saturated carbocycles. The van der Waals surface area contributed by atoms with Crippen molar-refractivity contribution in [2.24, 2.45) is 0 Å². The van der Waals surface area contributed by atoms with Crippen LogP contribution in [0.5, 0.6) is 0 Å². The lowest BCUT2D eigenvalue weighted by Crippen LogP contribution is -2.24. The van der Waals surface area contributed by atoms with Gasteiger partial charge in [-0.15, -0.1) is 0 Å². The van der Waals surface area contributed by atoms with Crippen molar-refractivity contribution in [3.05, 3.63) is 77.4 Å². The molecule has 0 fully saturated rings. The number of hydrogen-bond acceptors (Lipinski definition) is 1. The molecule has 0 heterocycles. The van der Waals surface area contributed by atoms with Crippen LogP contribution in [0.1, 0.15) is 22.8 Å². The van der Waals surface area contributed by atoms with Gasteiger partial charge in [0.05, 0.1) is 0 Å². The highest BCUT2D eigenvalue weighted by Crippen LogP contribution is 2.05. The third-order valence-electron chi connectivity index (χ3n) is 2.78. The van der Waals surface area contributed by atoms with Gasteiger partial charge in [0.15, 0.2) is 0 Å². The maximum absolute atomic E-state index is 11.9. The van der Waals surface area contributed by atoms with Crippen molar-refractivity contribution in [1.82, 2.24) is 5.32 Å². The third kappa shape index (κ3) is 4.11. The molecule has 2 nitrogen and oxygen atoms in total. The van der Waals surface area contributed by atoms with Gasteiger partial charge in [0.2, 0.25) is 0 Å². The van der Waals surface area contributed by atoms with Crippen LogP contribution in [-0.4, -0.2) is 12.5 Å². The van der Waals surface area contributed by atoms with E-state index >= 15 is 0 Å². The van der Waals surface area contributed by atoms with Gasteiger partial charge >= 0.3 is 0 Å². The largest absolute Gasteiger partial charge is 0.348 e. The van der Waals surface area contributed by atoms with E-state index in [9.17, 15) is 4.79 Å². The molecule has 0 aliphatic carbocycles. The summed E-state index contributed by atoms with van der Waals surface area (Å²) in [7, 11) is 0. The van der Waals surface area contributed by atoms with E-state index in [0.29, 0.717) is 12.1 Å². The third-order valence-corrected chi connectivity index (χ3v) is 2.78. The highest BCUT2D eigenvalue weighted by Gasteiger charge is 2.03. The van der Waals surface area contributed by atoms with E-state index in [1.54, 1.807) is 0 Å². The molecule has 2 aromatic rings. The maximum atomic E-state index is 11.9. The molecule has 1 amide bonds. The smallest absolute Gasteiger partial charge is 0.251 e. The van der Waals surface area contributed by atoms with Crippen LogP contribution in [0.15, 0.2) is 66.2 Å². The van der Waals surface area contributed by atoms with E-state index < -0.39 is 0 Å². The lowest BCUT2D eigenvalue weighted by atomic mass is 10.1. The topological polar surface area (TPSA) is 29.1 Å². The van der Waals surface area contributed by atoms with E-state index in [1.807, 2.05) is 67.6 Å². The Labute approximate surface area is 113 Å². The zero-order valence-electron chi connectivity index (χ0n) is 11.0. The van der Waals surface area contributed by atoms with Gasteiger partial charge in [0.25, 0.3) is 5.91 Å². The summed E-state index contributed by atoms with van der Waals surface area (Å²) >= 11 is 0. The van der Waals surface area contributed by atoms with Crippen LogP contribution in [0.2, 0.25) is 0 Å². The van der Waals surface area contributed by atoms with Crippen molar-refractivity contribution in [1.29, 1.82) is 0 Å². The van der Waals surface area contributed by atoms with Crippen molar-refractivity contribution in [2.75, 3.05) is 6.54 Å². The molecule has 0 spiro atoms. The molecule has 19 heavy (non-hydrogen) atoms. The van der Waals surface area contributed by atoms with E-state index in [0.717, 1.165) is 11.1 Å². The molecule has 96 valence electrons. The minimum absolute atomic E-state index is 0.0404. The monoisotopic (exact) mass is 251 g/mol. The van der Waals surface area contributed by atoms with E-state index in [4.69, 9.17) is 0 Å². The fourth-order valence-corrected chi connectivity index (χ4v) is 1.80. The molecule has 0 aliphatic rings. The zero-order valence-corrected chi connectivity index (χ0v) is 11.0. The number of carbonyl (C=O) groups excluding carboxylic acids is 1. The predicted octanol–water partition coefficient (Wildman–Crippen LogP) is 3.52. The number of rotatable bonds is 4. The molecule has 2 rings (SSSR count). The number of benzene rings is 2. The van der Waals surface area contributed by atoms with Gasteiger partial charge in [-0.3, -0.25) is 4.79 Å². The molecule has 0 bridgehead atoms. The fraction of sp³-hybridized carbons (Fsp3) is 0.118. The standard InChI is InChI=1S/C17H17NO/c1-14(12-15-8-4-2-5-9-15)13-18-17(19)16-10-6-3-7-11-16/h2-12H,13H2,1H3,(H,18,19). The second-order valence-corrected chi connectivity index (χ2v) is 4.45. The van der Waals surface area contributed by atoms with Crippen LogP contribution < -0.4 is 5.32 Å². The first-order chi connectivity index (χ1) is 9.25. The van der Waals surface area contributed by atoms with Gasteiger partial charge in [-0.25, -0.2) is 0 Å². The lowest BCUT2D eigenvalue weighted by Gasteiger charge is -2.05. The Bertz CT molecular complexity index is 558. The van der Waals surface area contributed by atoms with E-state index in [1.165, 1.54) is 0 Å². The molecule has 2 heteroatoms.